The molecule has 98 valence electrons. The Balaban J connectivity index is 2.22. The first kappa shape index (κ1) is 13.4. The van der Waals surface area contributed by atoms with Crippen LogP contribution in [0.3, 0.4) is 0 Å². The second kappa shape index (κ2) is 4.90. The van der Waals surface area contributed by atoms with E-state index >= 15 is 0 Å². The van der Waals surface area contributed by atoms with Gasteiger partial charge in [0.2, 0.25) is 0 Å². The number of halogens is 1. The smallest absolute Gasteiger partial charge is 0.303 e. The summed E-state index contributed by atoms with van der Waals surface area (Å²) >= 11 is 5.97. The molecule has 0 amide bonds. The topological polar surface area (TPSA) is 71.4 Å². The number of aliphatic carboxylic acids is 1. The molecule has 0 aromatic heterocycles. The van der Waals surface area contributed by atoms with Gasteiger partial charge in [0.25, 0.3) is 0 Å². The lowest BCUT2D eigenvalue weighted by molar-refractivity contribution is -0.136. The Kier molecular flexibility index (Phi) is 3.64. The zero-order chi connectivity index (χ0) is 13.3. The molecule has 1 N–H and O–H groups in total. The minimum atomic E-state index is -3.29. The van der Waals surface area contributed by atoms with Gasteiger partial charge in [-0.2, -0.15) is 0 Å². The van der Waals surface area contributed by atoms with E-state index < -0.39 is 15.8 Å². The predicted octanol–water partition coefficient (Wildman–Crippen LogP) is 2.29. The number of rotatable bonds is 5. The Hall–Kier alpha value is -1.07. The second-order valence-electron chi connectivity index (χ2n) is 4.40. The molecule has 0 bridgehead atoms. The molecule has 1 aromatic rings. The van der Waals surface area contributed by atoms with Crippen molar-refractivity contribution in [2.24, 2.45) is 0 Å². The van der Waals surface area contributed by atoms with Crippen LogP contribution in [0.2, 0.25) is 5.02 Å². The quantitative estimate of drug-likeness (QED) is 0.902. The fraction of sp³-hybridized carbons (Fsp3) is 0.417. The van der Waals surface area contributed by atoms with Crippen molar-refractivity contribution in [1.82, 2.24) is 0 Å². The van der Waals surface area contributed by atoms with Gasteiger partial charge >= 0.3 is 5.97 Å². The first-order valence-corrected chi connectivity index (χ1v) is 7.58. The monoisotopic (exact) mass is 288 g/mol. The number of carbonyl (C=O) groups is 1. The lowest BCUT2D eigenvalue weighted by Crippen LogP contribution is -2.08. The summed E-state index contributed by atoms with van der Waals surface area (Å²) < 4.78 is 24.0. The number of carboxylic acids is 1. The van der Waals surface area contributed by atoms with Crippen LogP contribution in [0.15, 0.2) is 23.1 Å². The summed E-state index contributed by atoms with van der Waals surface area (Å²) in [5.74, 6) is -0.888. The van der Waals surface area contributed by atoms with Crippen molar-refractivity contribution in [2.45, 2.75) is 35.8 Å². The molecule has 18 heavy (non-hydrogen) atoms. The predicted molar refractivity (Wildman–Crippen MR) is 67.6 cm³/mol. The van der Waals surface area contributed by atoms with E-state index in [9.17, 15) is 13.2 Å². The van der Waals surface area contributed by atoms with Crippen LogP contribution < -0.4 is 0 Å². The van der Waals surface area contributed by atoms with Crippen LogP contribution in [-0.4, -0.2) is 24.7 Å². The average Bonchev–Trinajstić information content (AvgIpc) is 3.09. The van der Waals surface area contributed by atoms with Crippen LogP contribution in [0, 0.1) is 0 Å². The highest BCUT2D eigenvalue weighted by Crippen LogP contribution is 2.36. The fourth-order valence-corrected chi connectivity index (χ4v) is 3.97. The van der Waals surface area contributed by atoms with Gasteiger partial charge in [-0.3, -0.25) is 4.79 Å². The van der Waals surface area contributed by atoms with Gasteiger partial charge in [0.15, 0.2) is 9.84 Å². The van der Waals surface area contributed by atoms with Crippen molar-refractivity contribution < 1.29 is 18.3 Å². The van der Waals surface area contributed by atoms with E-state index in [0.717, 1.165) is 5.56 Å². The highest BCUT2D eigenvalue weighted by atomic mass is 35.5. The number of carboxylic acid groups (broad SMARTS) is 1. The zero-order valence-electron chi connectivity index (χ0n) is 9.60. The third-order valence-corrected chi connectivity index (χ3v) is 5.64. The van der Waals surface area contributed by atoms with E-state index in [2.05, 4.69) is 0 Å². The maximum atomic E-state index is 12.0. The van der Waals surface area contributed by atoms with Crippen LogP contribution in [0.4, 0.5) is 0 Å². The Labute approximate surface area is 110 Å². The molecular weight excluding hydrogens is 276 g/mol. The van der Waals surface area contributed by atoms with Crippen molar-refractivity contribution in [3.8, 4) is 0 Å². The van der Waals surface area contributed by atoms with Crippen LogP contribution in [-0.2, 0) is 21.1 Å². The van der Waals surface area contributed by atoms with Gasteiger partial charge in [0, 0.05) is 6.42 Å². The van der Waals surface area contributed by atoms with Gasteiger partial charge in [-0.15, -0.1) is 0 Å². The summed E-state index contributed by atoms with van der Waals surface area (Å²) in [4.78, 5) is 10.6. The van der Waals surface area contributed by atoms with E-state index in [4.69, 9.17) is 16.7 Å². The Morgan fingerprint density at radius 1 is 1.39 bits per heavy atom. The summed E-state index contributed by atoms with van der Waals surface area (Å²) in [5.41, 5.74) is 0.733. The number of hydrogen-bond acceptors (Lipinski definition) is 3. The number of aryl methyl sites for hydroxylation is 1. The molecule has 6 heteroatoms. The molecule has 1 aliphatic rings. The molecule has 0 radical (unpaired) electrons. The molecule has 0 heterocycles. The number of sulfone groups is 1. The Bertz CT molecular complexity index is 576. The van der Waals surface area contributed by atoms with Gasteiger partial charge in [-0.25, -0.2) is 8.42 Å². The Morgan fingerprint density at radius 3 is 2.56 bits per heavy atom. The summed E-state index contributed by atoms with van der Waals surface area (Å²) in [6.45, 7) is 0. The average molecular weight is 289 g/mol. The zero-order valence-corrected chi connectivity index (χ0v) is 11.2. The molecule has 1 saturated carbocycles. The molecule has 0 atom stereocenters. The normalized spacial score (nSPS) is 15.6. The molecule has 1 aliphatic carbocycles. The van der Waals surface area contributed by atoms with Crippen LogP contribution in [0.1, 0.15) is 24.8 Å². The van der Waals surface area contributed by atoms with Crippen molar-refractivity contribution in [2.75, 3.05) is 0 Å². The molecule has 4 nitrogen and oxygen atoms in total. The van der Waals surface area contributed by atoms with E-state index in [0.29, 0.717) is 19.3 Å². The number of benzene rings is 1. The van der Waals surface area contributed by atoms with Crippen LogP contribution in [0.25, 0.3) is 0 Å². The third kappa shape index (κ3) is 2.84. The van der Waals surface area contributed by atoms with E-state index in [1.807, 2.05) is 0 Å². The fourth-order valence-electron chi connectivity index (χ4n) is 1.74. The SMILES string of the molecule is O=C(O)CCc1ccc(S(=O)(=O)C2CC2)c(Cl)c1. The van der Waals surface area contributed by atoms with Crippen LogP contribution >= 0.6 is 11.6 Å². The minimum absolute atomic E-state index is 0.00501. The summed E-state index contributed by atoms with van der Waals surface area (Å²) in [6.07, 6.45) is 1.74. The van der Waals surface area contributed by atoms with Gasteiger partial charge < -0.3 is 5.11 Å². The third-order valence-electron chi connectivity index (χ3n) is 2.89. The highest BCUT2D eigenvalue weighted by Gasteiger charge is 2.37. The van der Waals surface area contributed by atoms with Gasteiger partial charge in [0.05, 0.1) is 15.2 Å². The lowest BCUT2D eigenvalue weighted by Gasteiger charge is -2.07. The molecule has 0 spiro atoms. The maximum Gasteiger partial charge on any atom is 0.303 e. The summed E-state index contributed by atoms with van der Waals surface area (Å²) in [5, 5.41) is 8.47. The van der Waals surface area contributed by atoms with Gasteiger partial charge in [-0.1, -0.05) is 17.7 Å². The Morgan fingerprint density at radius 2 is 2.06 bits per heavy atom. The van der Waals surface area contributed by atoms with Gasteiger partial charge in [0.1, 0.15) is 0 Å². The molecule has 0 unspecified atom stereocenters. The van der Waals surface area contributed by atoms with Crippen LogP contribution in [0.5, 0.6) is 0 Å². The summed E-state index contributed by atoms with van der Waals surface area (Å²) in [6, 6.07) is 4.65. The highest BCUT2D eigenvalue weighted by molar-refractivity contribution is 7.92. The van der Waals surface area contributed by atoms with Crippen molar-refractivity contribution in [3.63, 3.8) is 0 Å². The molecule has 2 rings (SSSR count). The molecule has 0 aliphatic heterocycles. The minimum Gasteiger partial charge on any atom is -0.481 e. The molecule has 1 fully saturated rings. The van der Waals surface area contributed by atoms with E-state index in [1.54, 1.807) is 12.1 Å². The van der Waals surface area contributed by atoms with Crippen molar-refractivity contribution >= 4 is 27.4 Å². The van der Waals surface area contributed by atoms with Gasteiger partial charge in [-0.05, 0) is 37.0 Å². The van der Waals surface area contributed by atoms with Crippen molar-refractivity contribution in [1.29, 1.82) is 0 Å². The maximum absolute atomic E-state index is 12.0. The summed E-state index contributed by atoms with van der Waals surface area (Å²) in [7, 11) is -3.29. The first-order valence-electron chi connectivity index (χ1n) is 5.65. The van der Waals surface area contributed by atoms with Crippen molar-refractivity contribution in [3.05, 3.63) is 28.8 Å². The lowest BCUT2D eigenvalue weighted by atomic mass is 10.1. The molecular formula is C12H13ClO4S. The largest absolute Gasteiger partial charge is 0.481 e. The van der Waals surface area contributed by atoms with E-state index in [1.165, 1.54) is 6.07 Å². The molecule has 1 aromatic carbocycles. The second-order valence-corrected chi connectivity index (χ2v) is 7.01. The standard InChI is InChI=1S/C12H13ClO4S/c13-10-7-8(2-6-12(14)15)1-5-11(10)18(16,17)9-3-4-9/h1,5,7,9H,2-4,6H2,(H,14,15). The van der Waals surface area contributed by atoms with E-state index in [-0.39, 0.29) is 21.6 Å². The molecule has 0 saturated heterocycles. The first-order chi connectivity index (χ1) is 8.41. The number of hydrogen-bond donors (Lipinski definition) is 1.